The largest absolute Gasteiger partial charge is 0.448 e. The predicted octanol–water partition coefficient (Wildman–Crippen LogP) is 1.24. The van der Waals surface area contributed by atoms with Crippen LogP contribution in [0.15, 0.2) is 18.2 Å². The standard InChI is InChI=1S/C10H10O4/c1-12-6-10-13-8-3-2-7(5-11)4-9(8)14-10/h2-5,10H,6H2,1H3. The molecule has 0 saturated carbocycles. The van der Waals surface area contributed by atoms with Gasteiger partial charge in [0.1, 0.15) is 12.9 Å². The zero-order chi connectivity index (χ0) is 9.97. The lowest BCUT2D eigenvalue weighted by atomic mass is 10.2. The molecule has 4 nitrogen and oxygen atoms in total. The fraction of sp³-hybridized carbons (Fsp3) is 0.300. The maximum absolute atomic E-state index is 10.5. The summed E-state index contributed by atoms with van der Waals surface area (Å²) in [6.07, 6.45) is 0.365. The topological polar surface area (TPSA) is 44.8 Å². The Morgan fingerprint density at radius 3 is 2.93 bits per heavy atom. The normalized spacial score (nSPS) is 18.2. The first-order chi connectivity index (χ1) is 6.83. The number of carbonyl (C=O) groups excluding carboxylic acids is 1. The molecule has 0 spiro atoms. The minimum absolute atomic E-state index is 0.366. The third-order valence-electron chi connectivity index (χ3n) is 1.92. The van der Waals surface area contributed by atoms with Crippen LogP contribution in [0.5, 0.6) is 11.5 Å². The Bertz CT molecular complexity index is 348. The second-order valence-electron chi connectivity index (χ2n) is 2.94. The van der Waals surface area contributed by atoms with E-state index in [0.717, 1.165) is 6.29 Å². The van der Waals surface area contributed by atoms with Gasteiger partial charge in [0.25, 0.3) is 6.29 Å². The number of fused-ring (bicyclic) bond motifs is 1. The van der Waals surface area contributed by atoms with E-state index in [2.05, 4.69) is 0 Å². The van der Waals surface area contributed by atoms with Gasteiger partial charge in [-0.2, -0.15) is 0 Å². The SMILES string of the molecule is COCC1Oc2ccc(C=O)cc2O1. The molecule has 0 aromatic heterocycles. The number of carbonyl (C=O) groups is 1. The molecular weight excluding hydrogens is 184 g/mol. The van der Waals surface area contributed by atoms with Crippen molar-refractivity contribution in [3.63, 3.8) is 0 Å². The third-order valence-corrected chi connectivity index (χ3v) is 1.92. The fourth-order valence-electron chi connectivity index (χ4n) is 1.30. The number of methoxy groups -OCH3 is 1. The molecule has 2 rings (SSSR count). The average Bonchev–Trinajstić information content (AvgIpc) is 2.59. The predicted molar refractivity (Wildman–Crippen MR) is 48.7 cm³/mol. The molecule has 1 aromatic rings. The zero-order valence-electron chi connectivity index (χ0n) is 7.73. The average molecular weight is 194 g/mol. The fourth-order valence-corrected chi connectivity index (χ4v) is 1.30. The number of benzene rings is 1. The molecule has 0 radical (unpaired) electrons. The Balaban J connectivity index is 2.18. The van der Waals surface area contributed by atoms with Gasteiger partial charge in [0.2, 0.25) is 0 Å². The van der Waals surface area contributed by atoms with E-state index in [1.807, 2.05) is 0 Å². The van der Waals surface area contributed by atoms with Crippen molar-refractivity contribution in [3.8, 4) is 11.5 Å². The van der Waals surface area contributed by atoms with E-state index in [1.54, 1.807) is 25.3 Å². The second-order valence-corrected chi connectivity index (χ2v) is 2.94. The molecule has 1 atom stereocenters. The maximum Gasteiger partial charge on any atom is 0.264 e. The Labute approximate surface area is 81.4 Å². The van der Waals surface area contributed by atoms with Crippen LogP contribution in [0.1, 0.15) is 10.4 Å². The lowest BCUT2D eigenvalue weighted by Crippen LogP contribution is -2.23. The van der Waals surface area contributed by atoms with Gasteiger partial charge in [-0.25, -0.2) is 0 Å². The van der Waals surface area contributed by atoms with Crippen molar-refractivity contribution in [3.05, 3.63) is 23.8 Å². The molecule has 0 fully saturated rings. The summed E-state index contributed by atoms with van der Waals surface area (Å²) < 4.78 is 15.7. The summed E-state index contributed by atoms with van der Waals surface area (Å²) in [5.74, 6) is 1.24. The first kappa shape index (κ1) is 9.02. The van der Waals surface area contributed by atoms with Gasteiger partial charge in [0.05, 0.1) is 0 Å². The van der Waals surface area contributed by atoms with Crippen LogP contribution < -0.4 is 9.47 Å². The molecule has 0 N–H and O–H groups in total. The van der Waals surface area contributed by atoms with E-state index < -0.39 is 6.29 Å². The smallest absolute Gasteiger partial charge is 0.264 e. The minimum Gasteiger partial charge on any atom is -0.448 e. The summed E-state index contributed by atoms with van der Waals surface area (Å²) in [5, 5.41) is 0. The van der Waals surface area contributed by atoms with Crippen LogP contribution in [-0.4, -0.2) is 26.3 Å². The molecule has 0 aliphatic carbocycles. The highest BCUT2D eigenvalue weighted by Gasteiger charge is 2.23. The van der Waals surface area contributed by atoms with E-state index >= 15 is 0 Å². The minimum atomic E-state index is -0.406. The summed E-state index contributed by atoms with van der Waals surface area (Å²) in [6, 6.07) is 5.05. The van der Waals surface area contributed by atoms with Crippen molar-refractivity contribution in [1.29, 1.82) is 0 Å². The molecule has 0 saturated heterocycles. The highest BCUT2D eigenvalue weighted by Crippen LogP contribution is 2.34. The molecule has 74 valence electrons. The number of hydrogen-bond donors (Lipinski definition) is 0. The van der Waals surface area contributed by atoms with Gasteiger partial charge in [-0.3, -0.25) is 4.79 Å². The Kier molecular flexibility index (Phi) is 2.37. The molecule has 0 bridgehead atoms. The van der Waals surface area contributed by atoms with Gasteiger partial charge in [-0.05, 0) is 18.2 Å². The Morgan fingerprint density at radius 2 is 2.21 bits per heavy atom. The van der Waals surface area contributed by atoms with Crippen LogP contribution >= 0.6 is 0 Å². The quantitative estimate of drug-likeness (QED) is 0.679. The van der Waals surface area contributed by atoms with Crippen LogP contribution in [-0.2, 0) is 4.74 Å². The molecule has 1 aromatic carbocycles. The van der Waals surface area contributed by atoms with E-state index in [0.29, 0.717) is 23.7 Å². The molecule has 1 aliphatic heterocycles. The van der Waals surface area contributed by atoms with Gasteiger partial charge in [0, 0.05) is 12.7 Å². The highest BCUT2D eigenvalue weighted by atomic mass is 16.7. The molecule has 1 heterocycles. The lowest BCUT2D eigenvalue weighted by Gasteiger charge is -2.07. The lowest BCUT2D eigenvalue weighted by molar-refractivity contribution is -0.0173. The van der Waals surface area contributed by atoms with Gasteiger partial charge in [-0.1, -0.05) is 0 Å². The molecular formula is C10H10O4. The summed E-state index contributed by atoms with van der Waals surface area (Å²) >= 11 is 0. The Morgan fingerprint density at radius 1 is 1.43 bits per heavy atom. The van der Waals surface area contributed by atoms with Crippen LogP contribution in [0.2, 0.25) is 0 Å². The van der Waals surface area contributed by atoms with Crippen molar-refractivity contribution in [2.45, 2.75) is 6.29 Å². The Hall–Kier alpha value is -1.55. The second kappa shape index (κ2) is 3.67. The number of rotatable bonds is 3. The van der Waals surface area contributed by atoms with E-state index in [9.17, 15) is 4.79 Å². The third kappa shape index (κ3) is 1.56. The van der Waals surface area contributed by atoms with Crippen molar-refractivity contribution >= 4 is 6.29 Å². The van der Waals surface area contributed by atoms with Gasteiger partial charge >= 0.3 is 0 Å². The monoisotopic (exact) mass is 194 g/mol. The summed E-state index contributed by atoms with van der Waals surface area (Å²) in [4.78, 5) is 10.5. The maximum atomic E-state index is 10.5. The molecule has 1 unspecified atom stereocenters. The van der Waals surface area contributed by atoms with Gasteiger partial charge in [-0.15, -0.1) is 0 Å². The van der Waals surface area contributed by atoms with Crippen LogP contribution in [0.25, 0.3) is 0 Å². The van der Waals surface area contributed by atoms with Crippen molar-refractivity contribution in [2.24, 2.45) is 0 Å². The van der Waals surface area contributed by atoms with Crippen LogP contribution in [0.4, 0.5) is 0 Å². The van der Waals surface area contributed by atoms with Gasteiger partial charge < -0.3 is 14.2 Å². The molecule has 0 amide bonds. The van der Waals surface area contributed by atoms with Crippen molar-refractivity contribution in [2.75, 3.05) is 13.7 Å². The zero-order valence-corrected chi connectivity index (χ0v) is 7.73. The molecule has 4 heteroatoms. The highest BCUT2D eigenvalue weighted by molar-refractivity contribution is 5.76. The van der Waals surface area contributed by atoms with E-state index in [-0.39, 0.29) is 0 Å². The van der Waals surface area contributed by atoms with Crippen LogP contribution in [0.3, 0.4) is 0 Å². The van der Waals surface area contributed by atoms with E-state index in [4.69, 9.17) is 14.2 Å². The molecule has 1 aliphatic rings. The van der Waals surface area contributed by atoms with Crippen LogP contribution in [0, 0.1) is 0 Å². The first-order valence-electron chi connectivity index (χ1n) is 4.25. The number of hydrogen-bond acceptors (Lipinski definition) is 4. The molecule has 14 heavy (non-hydrogen) atoms. The van der Waals surface area contributed by atoms with Crippen molar-refractivity contribution in [1.82, 2.24) is 0 Å². The van der Waals surface area contributed by atoms with Gasteiger partial charge in [0.15, 0.2) is 11.5 Å². The summed E-state index contributed by atoms with van der Waals surface area (Å²) in [7, 11) is 1.58. The first-order valence-corrected chi connectivity index (χ1v) is 4.25. The number of aldehydes is 1. The number of ether oxygens (including phenoxy) is 3. The summed E-state index contributed by atoms with van der Waals surface area (Å²) in [5.41, 5.74) is 0.574. The summed E-state index contributed by atoms with van der Waals surface area (Å²) in [6.45, 7) is 0.366. The van der Waals surface area contributed by atoms with E-state index in [1.165, 1.54) is 0 Å². The van der Waals surface area contributed by atoms with Crippen molar-refractivity contribution < 1.29 is 19.0 Å².